The third kappa shape index (κ3) is 4.07. The zero-order chi connectivity index (χ0) is 15.6. The molecule has 7 heteroatoms. The molecular formula is C14H15ClFNO4. The molecule has 1 amide bonds. The Bertz CT molecular complexity index is 562. The minimum absolute atomic E-state index is 0.0386. The fourth-order valence-corrected chi connectivity index (χ4v) is 2.18. The normalized spacial score (nSPS) is 15.4. The molecule has 1 aliphatic carbocycles. The quantitative estimate of drug-likeness (QED) is 0.875. The van der Waals surface area contributed by atoms with Crippen molar-refractivity contribution in [1.82, 2.24) is 4.90 Å². The molecule has 0 radical (unpaired) electrons. The van der Waals surface area contributed by atoms with Crippen molar-refractivity contribution in [3.05, 3.63) is 29.0 Å². The summed E-state index contributed by atoms with van der Waals surface area (Å²) in [6, 6.07) is 3.56. The number of hydrogen-bond acceptors (Lipinski definition) is 3. The zero-order valence-corrected chi connectivity index (χ0v) is 12.1. The Labute approximate surface area is 126 Å². The lowest BCUT2D eigenvalue weighted by Gasteiger charge is -2.24. The molecule has 5 nitrogen and oxygen atoms in total. The van der Waals surface area contributed by atoms with Gasteiger partial charge in [0.1, 0.15) is 18.1 Å². The first kappa shape index (κ1) is 15.6. The predicted molar refractivity (Wildman–Crippen MR) is 73.9 cm³/mol. The zero-order valence-electron chi connectivity index (χ0n) is 11.4. The molecule has 1 aromatic rings. The van der Waals surface area contributed by atoms with Gasteiger partial charge < -0.3 is 14.7 Å². The van der Waals surface area contributed by atoms with E-state index in [1.165, 1.54) is 24.0 Å². The molecule has 0 bridgehead atoms. The highest BCUT2D eigenvalue weighted by molar-refractivity contribution is 6.32. The van der Waals surface area contributed by atoms with Crippen LogP contribution in [0.5, 0.6) is 5.75 Å². The minimum atomic E-state index is -1.07. The van der Waals surface area contributed by atoms with Crippen LogP contribution >= 0.6 is 11.6 Å². The van der Waals surface area contributed by atoms with E-state index in [4.69, 9.17) is 21.4 Å². The van der Waals surface area contributed by atoms with Gasteiger partial charge in [0, 0.05) is 6.04 Å². The Morgan fingerprint density at radius 1 is 1.52 bits per heavy atom. The molecule has 2 rings (SSSR count). The van der Waals surface area contributed by atoms with E-state index in [1.807, 2.05) is 0 Å². The summed E-state index contributed by atoms with van der Waals surface area (Å²) in [5.74, 6) is -1.80. The summed E-state index contributed by atoms with van der Waals surface area (Å²) in [6.07, 6.45) is 0.694. The minimum Gasteiger partial charge on any atom is -0.480 e. The number of amides is 1. The Morgan fingerprint density at radius 2 is 2.19 bits per heavy atom. The molecule has 1 aromatic carbocycles. The molecule has 1 aliphatic rings. The number of carbonyl (C=O) groups is 2. The Balaban J connectivity index is 2.05. The van der Waals surface area contributed by atoms with Crippen LogP contribution in [0.15, 0.2) is 18.2 Å². The highest BCUT2D eigenvalue weighted by atomic mass is 35.5. The van der Waals surface area contributed by atoms with E-state index in [-0.39, 0.29) is 23.4 Å². The van der Waals surface area contributed by atoms with Gasteiger partial charge in [0.05, 0.1) is 5.02 Å². The first-order chi connectivity index (χ1) is 9.88. The molecule has 1 saturated carbocycles. The van der Waals surface area contributed by atoms with Gasteiger partial charge in [-0.05, 0) is 38.0 Å². The van der Waals surface area contributed by atoms with Gasteiger partial charge >= 0.3 is 5.97 Å². The van der Waals surface area contributed by atoms with Gasteiger partial charge in [0.2, 0.25) is 0 Å². The molecule has 0 saturated heterocycles. The number of carbonyl (C=O) groups excluding carboxylic acids is 1. The van der Waals surface area contributed by atoms with Crippen molar-refractivity contribution in [2.45, 2.75) is 31.9 Å². The van der Waals surface area contributed by atoms with Gasteiger partial charge in [-0.25, -0.2) is 4.39 Å². The van der Waals surface area contributed by atoms with Crippen LogP contribution < -0.4 is 4.74 Å². The van der Waals surface area contributed by atoms with E-state index in [0.29, 0.717) is 0 Å². The van der Waals surface area contributed by atoms with E-state index >= 15 is 0 Å². The number of rotatable bonds is 6. The topological polar surface area (TPSA) is 66.8 Å². The van der Waals surface area contributed by atoms with Crippen LogP contribution in [0.4, 0.5) is 4.39 Å². The molecule has 1 atom stereocenters. The summed E-state index contributed by atoms with van der Waals surface area (Å²) in [7, 11) is 0. The summed E-state index contributed by atoms with van der Waals surface area (Å²) < 4.78 is 18.4. The molecule has 21 heavy (non-hydrogen) atoms. The number of aliphatic carboxylic acids is 1. The van der Waals surface area contributed by atoms with Gasteiger partial charge in [-0.3, -0.25) is 9.59 Å². The number of halogens is 2. The largest absolute Gasteiger partial charge is 0.480 e. The molecule has 0 aliphatic heterocycles. The Kier molecular flexibility index (Phi) is 4.67. The summed E-state index contributed by atoms with van der Waals surface area (Å²) in [5, 5.41) is 8.92. The molecule has 1 fully saturated rings. The average molecular weight is 316 g/mol. The van der Waals surface area contributed by atoms with E-state index in [9.17, 15) is 14.0 Å². The van der Waals surface area contributed by atoms with Crippen LogP contribution in [0, 0.1) is 5.82 Å². The monoisotopic (exact) mass is 315 g/mol. The summed E-state index contributed by atoms with van der Waals surface area (Å²) >= 11 is 5.83. The molecule has 1 unspecified atom stereocenters. The van der Waals surface area contributed by atoms with Gasteiger partial charge in [-0.1, -0.05) is 11.6 Å². The standard InChI is InChI=1S/C14H15ClFNO4/c1-8(21-12-5-2-9(16)6-11(12)15)14(20)17(7-13(18)19)10-3-4-10/h2,5-6,8,10H,3-4,7H2,1H3,(H,18,19). The van der Waals surface area contributed by atoms with Crippen LogP contribution in [0.2, 0.25) is 5.02 Å². The fourth-order valence-electron chi connectivity index (χ4n) is 1.96. The van der Waals surface area contributed by atoms with Gasteiger partial charge in [0.15, 0.2) is 6.10 Å². The van der Waals surface area contributed by atoms with E-state index in [2.05, 4.69) is 0 Å². The maximum absolute atomic E-state index is 12.9. The highest BCUT2D eigenvalue weighted by Crippen LogP contribution is 2.29. The first-order valence-corrected chi connectivity index (χ1v) is 6.90. The van der Waals surface area contributed by atoms with Crippen LogP contribution in [0.25, 0.3) is 0 Å². The number of hydrogen-bond donors (Lipinski definition) is 1. The molecular weight excluding hydrogens is 301 g/mol. The van der Waals surface area contributed by atoms with Gasteiger partial charge in [-0.15, -0.1) is 0 Å². The number of carboxylic acids is 1. The van der Waals surface area contributed by atoms with Crippen molar-refractivity contribution in [1.29, 1.82) is 0 Å². The van der Waals surface area contributed by atoms with Crippen molar-refractivity contribution in [2.75, 3.05) is 6.54 Å². The van der Waals surface area contributed by atoms with E-state index < -0.39 is 23.8 Å². The Morgan fingerprint density at radius 3 is 2.71 bits per heavy atom. The summed E-state index contributed by atoms with van der Waals surface area (Å²) in [4.78, 5) is 24.4. The van der Waals surface area contributed by atoms with Crippen molar-refractivity contribution in [2.24, 2.45) is 0 Å². The second kappa shape index (κ2) is 6.30. The van der Waals surface area contributed by atoms with Crippen molar-refractivity contribution < 1.29 is 23.8 Å². The van der Waals surface area contributed by atoms with Crippen molar-refractivity contribution >= 4 is 23.5 Å². The lowest BCUT2D eigenvalue weighted by molar-refractivity contribution is -0.148. The summed E-state index contributed by atoms with van der Waals surface area (Å²) in [5.41, 5.74) is 0. The number of ether oxygens (including phenoxy) is 1. The molecule has 0 heterocycles. The van der Waals surface area contributed by atoms with E-state index in [0.717, 1.165) is 18.9 Å². The van der Waals surface area contributed by atoms with Gasteiger partial charge in [-0.2, -0.15) is 0 Å². The van der Waals surface area contributed by atoms with Crippen LogP contribution in [0.1, 0.15) is 19.8 Å². The third-order valence-corrected chi connectivity index (χ3v) is 3.42. The SMILES string of the molecule is CC(Oc1ccc(F)cc1Cl)C(=O)N(CC(=O)O)C1CC1. The third-order valence-electron chi connectivity index (χ3n) is 3.12. The van der Waals surface area contributed by atoms with Crippen LogP contribution in [-0.2, 0) is 9.59 Å². The number of carboxylic acid groups (broad SMARTS) is 1. The maximum Gasteiger partial charge on any atom is 0.323 e. The number of benzene rings is 1. The Hall–Kier alpha value is -1.82. The van der Waals surface area contributed by atoms with E-state index in [1.54, 1.807) is 0 Å². The smallest absolute Gasteiger partial charge is 0.323 e. The van der Waals surface area contributed by atoms with Gasteiger partial charge in [0.25, 0.3) is 5.91 Å². The number of nitrogens with zero attached hydrogens (tertiary/aromatic N) is 1. The molecule has 1 N–H and O–H groups in total. The lowest BCUT2D eigenvalue weighted by atomic mass is 10.3. The average Bonchev–Trinajstić information content (AvgIpc) is 3.22. The molecule has 0 aromatic heterocycles. The second-order valence-corrected chi connectivity index (χ2v) is 5.33. The molecule has 114 valence electrons. The summed E-state index contributed by atoms with van der Waals surface area (Å²) in [6.45, 7) is 1.16. The van der Waals surface area contributed by atoms with Crippen molar-refractivity contribution in [3.8, 4) is 5.75 Å². The van der Waals surface area contributed by atoms with Crippen molar-refractivity contribution in [3.63, 3.8) is 0 Å². The predicted octanol–water partition coefficient (Wildman–Crippen LogP) is 2.32. The first-order valence-electron chi connectivity index (χ1n) is 6.52. The maximum atomic E-state index is 12.9. The van der Waals surface area contributed by atoms with Crippen LogP contribution in [-0.4, -0.2) is 40.6 Å². The highest BCUT2D eigenvalue weighted by Gasteiger charge is 2.36. The fraction of sp³-hybridized carbons (Fsp3) is 0.429. The lowest BCUT2D eigenvalue weighted by Crippen LogP contribution is -2.44. The van der Waals surface area contributed by atoms with Crippen LogP contribution in [0.3, 0.4) is 0 Å². The molecule has 0 spiro atoms. The second-order valence-electron chi connectivity index (χ2n) is 4.93.